The quantitative estimate of drug-likeness (QED) is 0.458. The van der Waals surface area contributed by atoms with Crippen LogP contribution in [0.25, 0.3) is 11.3 Å². The Kier molecular flexibility index (Phi) is 5.43. The average Bonchev–Trinajstić information content (AvgIpc) is 2.48. The number of esters is 1. The van der Waals surface area contributed by atoms with Gasteiger partial charge in [-0.25, -0.2) is 9.97 Å². The molecule has 0 unspecified atom stereocenters. The van der Waals surface area contributed by atoms with Crippen molar-refractivity contribution >= 4 is 5.97 Å². The van der Waals surface area contributed by atoms with Gasteiger partial charge in [0.25, 0.3) is 0 Å². The van der Waals surface area contributed by atoms with E-state index in [1.54, 1.807) is 6.20 Å². The highest BCUT2D eigenvalue weighted by Gasteiger charge is 2.13. The first kappa shape index (κ1) is 15.2. The van der Waals surface area contributed by atoms with Gasteiger partial charge in [0.2, 0.25) is 0 Å². The Bertz CT molecular complexity index is 597. The Morgan fingerprint density at radius 3 is 2.81 bits per heavy atom. The number of carbonyl (C=O) groups is 1. The van der Waals surface area contributed by atoms with E-state index in [-0.39, 0.29) is 5.97 Å². The van der Waals surface area contributed by atoms with Gasteiger partial charge in [-0.2, -0.15) is 0 Å². The van der Waals surface area contributed by atoms with Crippen molar-refractivity contribution in [2.45, 2.75) is 39.5 Å². The van der Waals surface area contributed by atoms with Crippen molar-refractivity contribution in [2.24, 2.45) is 0 Å². The second-order valence-electron chi connectivity index (χ2n) is 4.97. The molecule has 0 N–H and O–H groups in total. The molecular weight excluding hydrogens is 264 g/mol. The fraction of sp³-hybridized carbons (Fsp3) is 0.353. The van der Waals surface area contributed by atoms with Crippen LogP contribution in [0.1, 0.15) is 38.2 Å². The lowest BCUT2D eigenvalue weighted by atomic mass is 10.0. The number of hydrogen-bond acceptors (Lipinski definition) is 4. The number of aryl methyl sites for hydroxylation is 1. The summed E-state index contributed by atoms with van der Waals surface area (Å²) in [5.74, 6) is 0.375. The van der Waals surface area contributed by atoms with Crippen LogP contribution >= 0.6 is 0 Å². The smallest absolute Gasteiger partial charge is 0.311 e. The maximum absolute atomic E-state index is 11.9. The van der Waals surface area contributed by atoms with Crippen LogP contribution in [0.5, 0.6) is 5.75 Å². The van der Waals surface area contributed by atoms with Crippen LogP contribution in [0.3, 0.4) is 0 Å². The molecule has 21 heavy (non-hydrogen) atoms. The maximum Gasteiger partial charge on any atom is 0.311 e. The molecule has 0 amide bonds. The molecule has 0 radical (unpaired) electrons. The molecular formula is C17H20N2O2. The van der Waals surface area contributed by atoms with Crippen LogP contribution in [0.2, 0.25) is 0 Å². The molecule has 0 atom stereocenters. The van der Waals surface area contributed by atoms with Gasteiger partial charge in [-0.15, -0.1) is 0 Å². The molecule has 0 fully saturated rings. The second-order valence-corrected chi connectivity index (χ2v) is 4.97. The van der Waals surface area contributed by atoms with E-state index in [1.165, 1.54) is 6.33 Å². The summed E-state index contributed by atoms with van der Waals surface area (Å²) in [7, 11) is 0. The van der Waals surface area contributed by atoms with Crippen LogP contribution in [0.15, 0.2) is 36.8 Å². The van der Waals surface area contributed by atoms with Crippen molar-refractivity contribution in [1.29, 1.82) is 0 Å². The topological polar surface area (TPSA) is 52.1 Å². The summed E-state index contributed by atoms with van der Waals surface area (Å²) in [6.07, 6.45) is 6.62. The van der Waals surface area contributed by atoms with Crippen LogP contribution in [-0.2, 0) is 4.79 Å². The van der Waals surface area contributed by atoms with Crippen molar-refractivity contribution in [3.05, 3.63) is 42.4 Å². The minimum atomic E-state index is -0.190. The summed E-state index contributed by atoms with van der Waals surface area (Å²) in [5.41, 5.74) is 2.63. The first-order valence-corrected chi connectivity index (χ1v) is 7.29. The molecule has 4 heteroatoms. The van der Waals surface area contributed by atoms with E-state index < -0.39 is 0 Å². The number of nitrogens with zero attached hydrogens (tertiary/aromatic N) is 2. The Morgan fingerprint density at radius 1 is 1.24 bits per heavy atom. The summed E-state index contributed by atoms with van der Waals surface area (Å²) >= 11 is 0. The molecule has 0 aliphatic heterocycles. The SMILES string of the molecule is CCCCCC(=O)Oc1cccc(C)c1-c1ccncn1. The van der Waals surface area contributed by atoms with Gasteiger partial charge < -0.3 is 4.74 Å². The van der Waals surface area contributed by atoms with Gasteiger partial charge in [0.1, 0.15) is 12.1 Å². The number of ether oxygens (including phenoxy) is 1. The van der Waals surface area contributed by atoms with Crippen LogP contribution in [0, 0.1) is 6.92 Å². The predicted octanol–water partition coefficient (Wildman–Crippen LogP) is 3.94. The lowest BCUT2D eigenvalue weighted by molar-refractivity contribution is -0.134. The molecule has 0 bridgehead atoms. The van der Waals surface area contributed by atoms with Gasteiger partial charge in [-0.3, -0.25) is 4.79 Å². The summed E-state index contributed by atoms with van der Waals surface area (Å²) in [6, 6.07) is 7.49. The van der Waals surface area contributed by atoms with Crippen molar-refractivity contribution in [1.82, 2.24) is 9.97 Å². The fourth-order valence-electron chi connectivity index (χ4n) is 2.19. The molecule has 0 saturated carbocycles. The predicted molar refractivity (Wildman–Crippen MR) is 82.0 cm³/mol. The molecule has 0 aliphatic carbocycles. The first-order valence-electron chi connectivity index (χ1n) is 7.29. The van der Waals surface area contributed by atoms with Crippen LogP contribution in [0.4, 0.5) is 0 Å². The third-order valence-electron chi connectivity index (χ3n) is 3.28. The summed E-state index contributed by atoms with van der Waals surface area (Å²) in [4.78, 5) is 20.1. The maximum atomic E-state index is 11.9. The number of unbranched alkanes of at least 4 members (excludes halogenated alkanes) is 2. The van der Waals surface area contributed by atoms with Crippen molar-refractivity contribution in [2.75, 3.05) is 0 Å². The zero-order valence-corrected chi connectivity index (χ0v) is 12.5. The van der Waals surface area contributed by atoms with Crippen LogP contribution < -0.4 is 4.74 Å². The van der Waals surface area contributed by atoms with Gasteiger partial charge in [0.15, 0.2) is 0 Å². The highest BCUT2D eigenvalue weighted by Crippen LogP contribution is 2.31. The number of hydrogen-bond donors (Lipinski definition) is 0. The van der Waals surface area contributed by atoms with Gasteiger partial charge in [-0.05, 0) is 31.0 Å². The van der Waals surface area contributed by atoms with Crippen LogP contribution in [-0.4, -0.2) is 15.9 Å². The van der Waals surface area contributed by atoms with Gasteiger partial charge in [0.05, 0.1) is 5.69 Å². The average molecular weight is 284 g/mol. The first-order chi connectivity index (χ1) is 10.2. The third kappa shape index (κ3) is 4.12. The summed E-state index contributed by atoms with van der Waals surface area (Å²) in [6.45, 7) is 4.09. The van der Waals surface area contributed by atoms with E-state index in [9.17, 15) is 4.79 Å². The lowest BCUT2D eigenvalue weighted by Gasteiger charge is -2.12. The van der Waals surface area contributed by atoms with E-state index in [0.29, 0.717) is 12.2 Å². The summed E-state index contributed by atoms with van der Waals surface area (Å²) < 4.78 is 5.53. The molecule has 0 saturated heterocycles. The van der Waals surface area contributed by atoms with E-state index in [0.717, 1.165) is 36.1 Å². The fourth-order valence-corrected chi connectivity index (χ4v) is 2.19. The van der Waals surface area contributed by atoms with E-state index >= 15 is 0 Å². The number of rotatable bonds is 6. The minimum Gasteiger partial charge on any atom is -0.426 e. The largest absolute Gasteiger partial charge is 0.426 e. The Balaban J connectivity index is 2.20. The Hall–Kier alpha value is -2.23. The van der Waals surface area contributed by atoms with Crippen molar-refractivity contribution < 1.29 is 9.53 Å². The molecule has 0 spiro atoms. The Morgan fingerprint density at radius 2 is 2.10 bits per heavy atom. The number of aromatic nitrogens is 2. The molecule has 1 heterocycles. The Labute approximate surface area is 125 Å². The van der Waals surface area contributed by atoms with Crippen molar-refractivity contribution in [3.8, 4) is 17.0 Å². The number of carbonyl (C=O) groups excluding carboxylic acids is 1. The minimum absolute atomic E-state index is 0.190. The van der Waals surface area contributed by atoms with Gasteiger partial charge in [-0.1, -0.05) is 31.9 Å². The van der Waals surface area contributed by atoms with E-state index in [4.69, 9.17) is 4.74 Å². The van der Waals surface area contributed by atoms with Crippen molar-refractivity contribution in [3.63, 3.8) is 0 Å². The lowest BCUT2D eigenvalue weighted by Crippen LogP contribution is -2.09. The molecule has 1 aromatic heterocycles. The second kappa shape index (κ2) is 7.53. The zero-order chi connectivity index (χ0) is 15.1. The standard InChI is InChI=1S/C17H20N2O2/c1-3-4-5-9-16(20)21-15-8-6-7-13(2)17(15)14-10-11-18-12-19-14/h6-8,10-12H,3-5,9H2,1-2H3. The molecule has 0 aliphatic rings. The normalized spacial score (nSPS) is 10.4. The molecule has 1 aromatic carbocycles. The molecule has 2 aromatic rings. The van der Waals surface area contributed by atoms with Gasteiger partial charge >= 0.3 is 5.97 Å². The van der Waals surface area contributed by atoms with Gasteiger partial charge in [0, 0.05) is 18.2 Å². The monoisotopic (exact) mass is 284 g/mol. The summed E-state index contributed by atoms with van der Waals surface area (Å²) in [5, 5.41) is 0. The number of benzene rings is 1. The molecule has 110 valence electrons. The third-order valence-corrected chi connectivity index (χ3v) is 3.28. The molecule has 4 nitrogen and oxygen atoms in total. The highest BCUT2D eigenvalue weighted by molar-refractivity contribution is 5.78. The highest BCUT2D eigenvalue weighted by atomic mass is 16.5. The zero-order valence-electron chi connectivity index (χ0n) is 12.5. The van der Waals surface area contributed by atoms with E-state index in [2.05, 4.69) is 16.9 Å². The van der Waals surface area contributed by atoms with E-state index in [1.807, 2.05) is 31.2 Å². The molecule has 2 rings (SSSR count).